The molecule has 0 amide bonds. The summed E-state index contributed by atoms with van der Waals surface area (Å²) < 4.78 is 9.50. The van der Waals surface area contributed by atoms with E-state index < -0.39 is 5.54 Å². The molecule has 0 bridgehead atoms. The molecule has 0 radical (unpaired) electrons. The van der Waals surface area contributed by atoms with Crippen LogP contribution in [-0.4, -0.2) is 18.1 Å². The molecule has 0 aliphatic carbocycles. The highest BCUT2D eigenvalue weighted by atomic mass is 16.5. The van der Waals surface area contributed by atoms with Gasteiger partial charge < -0.3 is 14.5 Å². The van der Waals surface area contributed by atoms with Crippen molar-refractivity contribution in [3.05, 3.63) is 126 Å². The molecule has 6 aliphatic heterocycles. The van der Waals surface area contributed by atoms with Gasteiger partial charge in [-0.25, -0.2) is 4.57 Å². The molecule has 2 unspecified atom stereocenters. The van der Waals surface area contributed by atoms with Gasteiger partial charge in [0, 0.05) is 41.6 Å². The van der Waals surface area contributed by atoms with Crippen LogP contribution in [0.4, 0.5) is 22.9 Å². The lowest BCUT2D eigenvalue weighted by molar-refractivity contribution is -0.738. The summed E-state index contributed by atoms with van der Waals surface area (Å²) in [5.74, 6) is 3.14. The molecule has 2 atom stereocenters. The molecule has 11 rings (SSSR count). The normalized spacial score (nSPS) is 22.6. The summed E-state index contributed by atoms with van der Waals surface area (Å²) in [6.45, 7) is 4.79. The van der Waals surface area contributed by atoms with Crippen LogP contribution in [0.3, 0.4) is 0 Å². The smallest absolute Gasteiger partial charge is 0.292 e. The molecule has 6 aliphatic rings. The van der Waals surface area contributed by atoms with Crippen molar-refractivity contribution in [1.29, 1.82) is 0 Å². The maximum absolute atomic E-state index is 6.89. The Labute approximate surface area is 244 Å². The number of para-hydroxylation sites is 1. The quantitative estimate of drug-likeness (QED) is 0.185. The van der Waals surface area contributed by atoms with Gasteiger partial charge in [-0.15, -0.1) is 0 Å². The van der Waals surface area contributed by atoms with Crippen molar-refractivity contribution in [2.24, 2.45) is 0 Å². The van der Waals surface area contributed by atoms with E-state index >= 15 is 0 Å². The monoisotopic (exact) mass is 543 g/mol. The summed E-state index contributed by atoms with van der Waals surface area (Å²) in [5.41, 5.74) is 13.3. The maximum Gasteiger partial charge on any atom is 0.292 e. The average Bonchev–Trinajstić information content (AvgIpc) is 3.50. The second-order valence-electron chi connectivity index (χ2n) is 12.9. The summed E-state index contributed by atoms with van der Waals surface area (Å²) in [6, 6.07) is 31.5. The minimum Gasteiger partial charge on any atom is -0.456 e. The van der Waals surface area contributed by atoms with Crippen molar-refractivity contribution in [1.82, 2.24) is 4.90 Å². The molecule has 7 heterocycles. The van der Waals surface area contributed by atoms with Crippen LogP contribution in [0.1, 0.15) is 36.1 Å². The number of hydrogen-bond donors (Lipinski definition) is 0. The summed E-state index contributed by atoms with van der Waals surface area (Å²) >= 11 is 0. The molecular weight excluding hydrogens is 516 g/mol. The Morgan fingerprint density at radius 2 is 1.43 bits per heavy atom. The summed E-state index contributed by atoms with van der Waals surface area (Å²) in [5, 5.41) is 0. The van der Waals surface area contributed by atoms with Crippen molar-refractivity contribution in [2.45, 2.75) is 31.0 Å². The van der Waals surface area contributed by atoms with Gasteiger partial charge in [0.05, 0.1) is 28.6 Å². The number of likely N-dealkylation sites (N-methyl/N-ethyl adjacent to an activating group) is 1. The second kappa shape index (κ2) is 6.55. The molecule has 5 heteroatoms. The molecule has 1 spiro atoms. The molecule has 0 fully saturated rings. The highest BCUT2D eigenvalue weighted by Crippen LogP contribution is 2.68. The van der Waals surface area contributed by atoms with Gasteiger partial charge in [0.2, 0.25) is 5.54 Å². The minimum absolute atomic E-state index is 0.0275. The van der Waals surface area contributed by atoms with E-state index in [1.54, 1.807) is 0 Å². The Balaban J connectivity index is 1.43. The summed E-state index contributed by atoms with van der Waals surface area (Å²) in [7, 11) is 2.22. The van der Waals surface area contributed by atoms with Gasteiger partial charge in [-0.1, -0.05) is 62.4 Å². The first kappa shape index (κ1) is 21.7. The zero-order chi connectivity index (χ0) is 27.7. The number of benzene rings is 4. The van der Waals surface area contributed by atoms with E-state index in [-0.39, 0.29) is 11.6 Å². The van der Waals surface area contributed by atoms with Gasteiger partial charge in [-0.05, 0) is 47.5 Å². The van der Waals surface area contributed by atoms with Gasteiger partial charge >= 0.3 is 0 Å². The van der Waals surface area contributed by atoms with Gasteiger partial charge in [0.1, 0.15) is 17.2 Å². The Kier molecular flexibility index (Phi) is 3.38. The molecule has 0 saturated heterocycles. The van der Waals surface area contributed by atoms with Crippen LogP contribution in [0.25, 0.3) is 22.3 Å². The molecule has 0 saturated carbocycles. The Morgan fingerprint density at radius 3 is 2.29 bits per heavy atom. The van der Waals surface area contributed by atoms with Crippen LogP contribution >= 0.6 is 0 Å². The zero-order valence-corrected chi connectivity index (χ0v) is 23.6. The lowest BCUT2D eigenvalue weighted by Crippen LogP contribution is -2.71. The van der Waals surface area contributed by atoms with Crippen molar-refractivity contribution in [3.63, 3.8) is 0 Å². The van der Waals surface area contributed by atoms with Crippen molar-refractivity contribution >= 4 is 22.9 Å². The van der Waals surface area contributed by atoms with Gasteiger partial charge in [0.25, 0.3) is 5.82 Å². The Bertz CT molecular complexity index is 2160. The topological polar surface area (TPSA) is 22.8 Å². The number of anilines is 4. The fourth-order valence-electron chi connectivity index (χ4n) is 9.22. The van der Waals surface area contributed by atoms with E-state index in [1.165, 1.54) is 67.4 Å². The first-order chi connectivity index (χ1) is 20.5. The number of fused-ring (bicyclic) bond motifs is 5. The number of nitrogens with zero attached hydrogens (tertiary/aromatic N) is 4. The van der Waals surface area contributed by atoms with Crippen LogP contribution in [-0.2, 0) is 11.0 Å². The lowest BCUT2D eigenvalue weighted by Gasteiger charge is -2.49. The molecule has 5 nitrogen and oxygen atoms in total. The first-order valence-corrected chi connectivity index (χ1v) is 14.8. The fraction of sp³-hybridized carbons (Fsp3) is 0.162. The highest BCUT2D eigenvalue weighted by Gasteiger charge is 2.70. The Hall–Kier alpha value is -5.03. The zero-order valence-electron chi connectivity index (χ0n) is 23.6. The molecule has 42 heavy (non-hydrogen) atoms. The van der Waals surface area contributed by atoms with Crippen LogP contribution < -0.4 is 19.1 Å². The third kappa shape index (κ3) is 2.00. The number of hydrogen-bond acceptors (Lipinski definition) is 4. The fourth-order valence-corrected chi connectivity index (χ4v) is 9.22. The number of pyridine rings is 1. The Morgan fingerprint density at radius 1 is 0.690 bits per heavy atom. The van der Waals surface area contributed by atoms with E-state index in [0.717, 1.165) is 11.5 Å². The summed E-state index contributed by atoms with van der Waals surface area (Å²) in [4.78, 5) is 7.43. The van der Waals surface area contributed by atoms with Gasteiger partial charge in [-0.3, -0.25) is 0 Å². The second-order valence-corrected chi connectivity index (χ2v) is 12.9. The average molecular weight is 544 g/mol. The summed E-state index contributed by atoms with van der Waals surface area (Å²) in [6.07, 6.45) is 6.81. The number of ether oxygens (including phenoxy) is 1. The van der Waals surface area contributed by atoms with E-state index in [2.05, 4.69) is 144 Å². The molecule has 1 aromatic heterocycles. The predicted octanol–water partition coefficient (Wildman–Crippen LogP) is 7.50. The largest absolute Gasteiger partial charge is 0.456 e. The predicted molar refractivity (Wildman–Crippen MR) is 164 cm³/mol. The lowest BCUT2D eigenvalue weighted by atomic mass is 9.70. The third-order valence-electron chi connectivity index (χ3n) is 10.8. The van der Waals surface area contributed by atoms with E-state index in [4.69, 9.17) is 4.74 Å². The van der Waals surface area contributed by atoms with Crippen molar-refractivity contribution in [3.8, 4) is 33.8 Å². The molecule has 4 aromatic carbocycles. The minimum atomic E-state index is -0.521. The maximum atomic E-state index is 6.89. The van der Waals surface area contributed by atoms with Gasteiger partial charge in [-0.2, -0.15) is 4.90 Å². The van der Waals surface area contributed by atoms with Crippen LogP contribution in [0, 0.1) is 0 Å². The molecule has 0 N–H and O–H groups in total. The SMILES string of the molecule is CN1C=CN2c3cccc4c3C3(c5c(ccc6c5N5c7c(cccc7C(C)(C)c7ccc[n+]3c75)-c3ccccc3-6)O4)C12. The van der Waals surface area contributed by atoms with E-state index in [0.29, 0.717) is 0 Å². The standard InChI is InChI=1S/C37H27N4O/c1-36(2)25-12-6-11-23-21-9-4-5-10-22(21)24-16-17-29-31-33(24)41(32(23)25)34-26(36)13-8-18-40(34)37(31)30-27(14-7-15-28(30)42-29)39-20-19-38(3)35(37)39/h4-20,35H,1-3H3/q+1. The van der Waals surface area contributed by atoms with E-state index in [1.807, 2.05) is 0 Å². The van der Waals surface area contributed by atoms with Crippen molar-refractivity contribution < 1.29 is 9.30 Å². The molecular formula is C37H27N4O+. The van der Waals surface area contributed by atoms with Crippen LogP contribution in [0.5, 0.6) is 11.5 Å². The molecule has 5 aromatic rings. The third-order valence-corrected chi connectivity index (χ3v) is 10.8. The van der Waals surface area contributed by atoms with Crippen molar-refractivity contribution in [2.75, 3.05) is 16.8 Å². The number of aromatic nitrogens is 1. The molecule has 200 valence electrons. The van der Waals surface area contributed by atoms with Crippen LogP contribution in [0.2, 0.25) is 0 Å². The van der Waals surface area contributed by atoms with E-state index in [9.17, 15) is 0 Å². The van der Waals surface area contributed by atoms with Crippen LogP contribution in [0.15, 0.2) is 104 Å². The first-order valence-electron chi connectivity index (χ1n) is 14.8. The number of rotatable bonds is 0. The highest BCUT2D eigenvalue weighted by molar-refractivity contribution is 6.07. The van der Waals surface area contributed by atoms with Gasteiger partial charge in [0.15, 0.2) is 11.9 Å².